The van der Waals surface area contributed by atoms with Crippen LogP contribution in [0.3, 0.4) is 0 Å². The van der Waals surface area contributed by atoms with Gasteiger partial charge in [0.2, 0.25) is 5.91 Å². The monoisotopic (exact) mass is 234 g/mol. The summed E-state index contributed by atoms with van der Waals surface area (Å²) in [6.45, 7) is 6.78. The number of nitrogen functional groups attached to an aromatic ring is 1. The summed E-state index contributed by atoms with van der Waals surface area (Å²) < 4.78 is 0. The highest BCUT2D eigenvalue weighted by molar-refractivity contribution is 5.75. The predicted octanol–water partition coefficient (Wildman–Crippen LogP) is 2.63. The molecule has 0 radical (unpaired) electrons. The minimum absolute atomic E-state index is 0.112. The van der Waals surface area contributed by atoms with Gasteiger partial charge in [0.25, 0.3) is 0 Å². The molecule has 0 saturated heterocycles. The average molecular weight is 234 g/mol. The van der Waals surface area contributed by atoms with Gasteiger partial charge in [-0.2, -0.15) is 0 Å². The fraction of sp³-hybridized carbons (Fsp3) is 0.500. The molecule has 1 rings (SSSR count). The van der Waals surface area contributed by atoms with E-state index in [0.29, 0.717) is 18.9 Å². The molecule has 0 bridgehead atoms. The minimum Gasteiger partial charge on any atom is -0.399 e. The topological polar surface area (TPSA) is 55.1 Å². The van der Waals surface area contributed by atoms with Crippen molar-refractivity contribution in [3.63, 3.8) is 0 Å². The van der Waals surface area contributed by atoms with Gasteiger partial charge in [-0.3, -0.25) is 4.79 Å². The number of nitrogens with one attached hydrogen (secondary N) is 1. The Hall–Kier alpha value is -1.51. The van der Waals surface area contributed by atoms with Crippen molar-refractivity contribution in [1.29, 1.82) is 0 Å². The first kappa shape index (κ1) is 13.6. The standard InChI is InChI=1S/C14H22N2O/c1-10(2)7-8-14(17)16-9-12-5-4-6-13(15)11(12)3/h4-6,10H,7-9,15H2,1-3H3,(H,16,17). The Bertz CT molecular complexity index is 386. The highest BCUT2D eigenvalue weighted by Gasteiger charge is 2.05. The largest absolute Gasteiger partial charge is 0.399 e. The van der Waals surface area contributed by atoms with Crippen molar-refractivity contribution in [3.05, 3.63) is 29.3 Å². The van der Waals surface area contributed by atoms with Gasteiger partial charge in [0, 0.05) is 18.7 Å². The van der Waals surface area contributed by atoms with Gasteiger partial charge in [-0.1, -0.05) is 26.0 Å². The fourth-order valence-electron chi connectivity index (χ4n) is 1.60. The number of carbonyl (C=O) groups excluding carboxylic acids is 1. The highest BCUT2D eigenvalue weighted by Crippen LogP contribution is 2.15. The molecule has 3 N–H and O–H groups in total. The van der Waals surface area contributed by atoms with Crippen LogP contribution in [0.15, 0.2) is 18.2 Å². The van der Waals surface area contributed by atoms with Crippen LogP contribution in [-0.2, 0) is 11.3 Å². The number of nitrogens with two attached hydrogens (primary N) is 1. The molecule has 1 amide bonds. The smallest absolute Gasteiger partial charge is 0.220 e. The number of hydrogen-bond donors (Lipinski definition) is 2. The summed E-state index contributed by atoms with van der Waals surface area (Å²) in [5, 5.41) is 2.93. The van der Waals surface area contributed by atoms with Crippen molar-refractivity contribution in [2.45, 2.75) is 40.2 Å². The van der Waals surface area contributed by atoms with Gasteiger partial charge in [0.05, 0.1) is 0 Å². The third kappa shape index (κ3) is 4.47. The molecular weight excluding hydrogens is 212 g/mol. The maximum absolute atomic E-state index is 11.6. The lowest BCUT2D eigenvalue weighted by molar-refractivity contribution is -0.121. The van der Waals surface area contributed by atoms with Gasteiger partial charge in [0.1, 0.15) is 0 Å². The molecular formula is C14H22N2O. The van der Waals surface area contributed by atoms with Crippen LogP contribution in [0, 0.1) is 12.8 Å². The lowest BCUT2D eigenvalue weighted by atomic mass is 10.1. The van der Waals surface area contributed by atoms with E-state index in [4.69, 9.17) is 5.73 Å². The molecule has 0 aliphatic rings. The molecule has 1 aromatic rings. The number of amides is 1. The second kappa shape index (κ2) is 6.28. The van der Waals surface area contributed by atoms with Crippen molar-refractivity contribution in [2.24, 2.45) is 5.92 Å². The number of anilines is 1. The Balaban J connectivity index is 2.45. The zero-order chi connectivity index (χ0) is 12.8. The third-order valence-electron chi connectivity index (χ3n) is 2.91. The van der Waals surface area contributed by atoms with Crippen molar-refractivity contribution >= 4 is 11.6 Å². The Labute approximate surface area is 103 Å². The molecule has 3 nitrogen and oxygen atoms in total. The minimum atomic E-state index is 0.112. The molecule has 17 heavy (non-hydrogen) atoms. The second-order valence-corrected chi connectivity index (χ2v) is 4.84. The first-order valence-electron chi connectivity index (χ1n) is 6.11. The summed E-state index contributed by atoms with van der Waals surface area (Å²) in [5.74, 6) is 0.676. The maximum atomic E-state index is 11.6. The Morgan fingerprint density at radius 2 is 2.12 bits per heavy atom. The normalized spacial score (nSPS) is 10.6. The van der Waals surface area contributed by atoms with E-state index in [1.165, 1.54) is 0 Å². The molecule has 1 aromatic carbocycles. The zero-order valence-corrected chi connectivity index (χ0v) is 10.9. The maximum Gasteiger partial charge on any atom is 0.220 e. The van der Waals surface area contributed by atoms with Gasteiger partial charge in [0.15, 0.2) is 0 Å². The molecule has 0 unspecified atom stereocenters. The van der Waals surface area contributed by atoms with Crippen LogP contribution in [0.5, 0.6) is 0 Å². The van der Waals surface area contributed by atoms with Crippen LogP contribution in [0.1, 0.15) is 37.8 Å². The van der Waals surface area contributed by atoms with Crippen LogP contribution < -0.4 is 11.1 Å². The van der Waals surface area contributed by atoms with Crippen molar-refractivity contribution in [1.82, 2.24) is 5.32 Å². The van der Waals surface area contributed by atoms with E-state index < -0.39 is 0 Å². The number of hydrogen-bond acceptors (Lipinski definition) is 2. The van der Waals surface area contributed by atoms with Crippen LogP contribution >= 0.6 is 0 Å². The molecule has 94 valence electrons. The molecule has 0 aliphatic carbocycles. The van der Waals surface area contributed by atoms with Crippen molar-refractivity contribution in [3.8, 4) is 0 Å². The van der Waals surface area contributed by atoms with E-state index in [1.54, 1.807) is 0 Å². The first-order valence-corrected chi connectivity index (χ1v) is 6.11. The average Bonchev–Trinajstić information content (AvgIpc) is 2.28. The fourth-order valence-corrected chi connectivity index (χ4v) is 1.60. The quantitative estimate of drug-likeness (QED) is 0.769. The van der Waals surface area contributed by atoms with Crippen LogP contribution in [0.2, 0.25) is 0 Å². The summed E-state index contributed by atoms with van der Waals surface area (Å²) in [4.78, 5) is 11.6. The molecule has 0 fully saturated rings. The zero-order valence-electron chi connectivity index (χ0n) is 10.9. The number of carbonyl (C=O) groups is 1. The highest BCUT2D eigenvalue weighted by atomic mass is 16.1. The van der Waals surface area contributed by atoms with Gasteiger partial charge < -0.3 is 11.1 Å². The summed E-state index contributed by atoms with van der Waals surface area (Å²) in [5.41, 5.74) is 8.73. The van der Waals surface area contributed by atoms with E-state index in [-0.39, 0.29) is 5.91 Å². The number of rotatable bonds is 5. The van der Waals surface area contributed by atoms with E-state index >= 15 is 0 Å². The van der Waals surface area contributed by atoms with Gasteiger partial charge >= 0.3 is 0 Å². The lowest BCUT2D eigenvalue weighted by Gasteiger charge is -2.10. The SMILES string of the molecule is Cc1c(N)cccc1CNC(=O)CCC(C)C. The molecule has 0 spiro atoms. The summed E-state index contributed by atoms with van der Waals surface area (Å²) in [7, 11) is 0. The molecule has 3 heteroatoms. The van der Waals surface area contributed by atoms with E-state index in [1.807, 2.05) is 25.1 Å². The van der Waals surface area contributed by atoms with Crippen LogP contribution in [0.4, 0.5) is 5.69 Å². The Kier molecular flexibility index (Phi) is 5.01. The molecule has 0 aliphatic heterocycles. The van der Waals surface area contributed by atoms with Crippen molar-refractivity contribution in [2.75, 3.05) is 5.73 Å². The van der Waals surface area contributed by atoms with E-state index in [9.17, 15) is 4.79 Å². The van der Waals surface area contributed by atoms with Crippen LogP contribution in [-0.4, -0.2) is 5.91 Å². The third-order valence-corrected chi connectivity index (χ3v) is 2.91. The molecule has 0 saturated carbocycles. The van der Waals surface area contributed by atoms with Gasteiger partial charge in [-0.15, -0.1) is 0 Å². The predicted molar refractivity (Wildman–Crippen MR) is 71.5 cm³/mol. The summed E-state index contributed by atoms with van der Waals surface area (Å²) in [6.07, 6.45) is 1.53. The van der Waals surface area contributed by atoms with E-state index in [2.05, 4.69) is 19.2 Å². The van der Waals surface area contributed by atoms with Gasteiger partial charge in [-0.25, -0.2) is 0 Å². The number of benzene rings is 1. The summed E-state index contributed by atoms with van der Waals surface area (Å²) in [6, 6.07) is 5.78. The van der Waals surface area contributed by atoms with Crippen LogP contribution in [0.25, 0.3) is 0 Å². The van der Waals surface area contributed by atoms with Crippen molar-refractivity contribution < 1.29 is 4.79 Å². The second-order valence-electron chi connectivity index (χ2n) is 4.84. The Morgan fingerprint density at radius 1 is 1.41 bits per heavy atom. The first-order chi connectivity index (χ1) is 8.00. The van der Waals surface area contributed by atoms with E-state index in [0.717, 1.165) is 23.2 Å². The molecule has 0 aromatic heterocycles. The summed E-state index contributed by atoms with van der Waals surface area (Å²) >= 11 is 0. The molecule has 0 atom stereocenters. The molecule has 0 heterocycles. The Morgan fingerprint density at radius 3 is 2.76 bits per heavy atom. The lowest BCUT2D eigenvalue weighted by Crippen LogP contribution is -2.23. The van der Waals surface area contributed by atoms with Gasteiger partial charge in [-0.05, 0) is 36.5 Å².